The maximum atomic E-state index is 11.9. The third-order valence-electron chi connectivity index (χ3n) is 3.53. The van der Waals surface area contributed by atoms with Crippen LogP contribution in [0.2, 0.25) is 0 Å². The van der Waals surface area contributed by atoms with Crippen LogP contribution in [0, 0.1) is 0 Å². The van der Waals surface area contributed by atoms with Crippen molar-refractivity contribution >= 4 is 11.8 Å². The summed E-state index contributed by atoms with van der Waals surface area (Å²) in [5.41, 5.74) is 1.59. The van der Waals surface area contributed by atoms with Crippen molar-refractivity contribution in [1.29, 1.82) is 0 Å². The summed E-state index contributed by atoms with van der Waals surface area (Å²) in [5, 5.41) is 5.46. The fourth-order valence-corrected chi connectivity index (χ4v) is 2.13. The first-order chi connectivity index (χ1) is 12.2. The van der Waals surface area contributed by atoms with Crippen molar-refractivity contribution in [2.45, 2.75) is 19.5 Å². The van der Waals surface area contributed by atoms with Crippen LogP contribution in [-0.4, -0.2) is 17.9 Å². The molecular formula is C21H22FeN2O2. The molecule has 0 aliphatic rings. The number of benzene rings is 1. The molecule has 0 heterocycles. The summed E-state index contributed by atoms with van der Waals surface area (Å²) in [6.07, 6.45) is 0. The van der Waals surface area contributed by atoms with Crippen LogP contribution in [0.5, 0.6) is 0 Å². The largest absolute Gasteiger partial charge is 2.00 e. The van der Waals surface area contributed by atoms with E-state index >= 15 is 0 Å². The van der Waals surface area contributed by atoms with Crippen LogP contribution in [-0.2, 0) is 28.4 Å². The molecule has 136 valence electrons. The Hall–Kier alpha value is -2.62. The SMILES string of the molecule is CC(NC(=O)c1ccccc1)C(=O)NCc1cc[cH-]c1.[Fe+2].c1cc[cH-]c1. The second-order valence-corrected chi connectivity index (χ2v) is 5.53. The first-order valence-corrected chi connectivity index (χ1v) is 8.17. The van der Waals surface area contributed by atoms with Crippen molar-refractivity contribution in [3.8, 4) is 0 Å². The first-order valence-electron chi connectivity index (χ1n) is 8.17. The molecule has 2 N–H and O–H groups in total. The standard InChI is InChI=1S/C16H17N2O2.C5H5.Fe/c1-12(15(19)17-11-13-7-5-6-8-13)18-16(20)14-9-3-2-4-10-14;1-2-4-5-3-1;/h2-10,12H,11H2,1H3,(H,17,19)(H,18,20);1-5H;/q2*-1;+2. The average Bonchev–Trinajstić information content (AvgIpc) is 3.36. The van der Waals surface area contributed by atoms with E-state index in [0.29, 0.717) is 12.1 Å². The Bertz CT molecular complexity index is 720. The van der Waals surface area contributed by atoms with Crippen LogP contribution in [0.15, 0.2) is 84.9 Å². The Labute approximate surface area is 164 Å². The molecule has 1 unspecified atom stereocenters. The molecule has 3 aromatic carbocycles. The number of carbonyl (C=O) groups is 2. The zero-order valence-electron chi connectivity index (χ0n) is 14.5. The van der Waals surface area contributed by atoms with Gasteiger partial charge in [0.1, 0.15) is 6.04 Å². The van der Waals surface area contributed by atoms with E-state index in [9.17, 15) is 9.59 Å². The molecule has 4 nitrogen and oxygen atoms in total. The topological polar surface area (TPSA) is 58.2 Å². The van der Waals surface area contributed by atoms with Crippen LogP contribution < -0.4 is 10.6 Å². The van der Waals surface area contributed by atoms with E-state index < -0.39 is 6.04 Å². The molecule has 0 aliphatic carbocycles. The molecule has 3 aromatic rings. The molecule has 0 radical (unpaired) electrons. The molecule has 0 saturated heterocycles. The maximum absolute atomic E-state index is 11.9. The summed E-state index contributed by atoms with van der Waals surface area (Å²) in [4.78, 5) is 23.8. The Morgan fingerprint density at radius 1 is 0.962 bits per heavy atom. The minimum absolute atomic E-state index is 0. The van der Waals surface area contributed by atoms with Crippen LogP contribution in [0.3, 0.4) is 0 Å². The van der Waals surface area contributed by atoms with Crippen molar-refractivity contribution in [3.05, 3.63) is 96.1 Å². The molecule has 0 saturated carbocycles. The van der Waals surface area contributed by atoms with Gasteiger partial charge in [-0.05, 0) is 25.6 Å². The second-order valence-electron chi connectivity index (χ2n) is 5.53. The Balaban J connectivity index is 0.000000486. The molecule has 0 spiro atoms. The molecule has 1 atom stereocenters. The van der Waals surface area contributed by atoms with Gasteiger partial charge in [0.15, 0.2) is 0 Å². The minimum atomic E-state index is -0.572. The van der Waals surface area contributed by atoms with Crippen molar-refractivity contribution in [3.63, 3.8) is 0 Å². The number of hydrogen-bond acceptors (Lipinski definition) is 2. The number of carbonyl (C=O) groups excluding carboxylic acids is 2. The predicted octanol–water partition coefficient (Wildman–Crippen LogP) is 3.24. The zero-order valence-corrected chi connectivity index (χ0v) is 15.6. The molecule has 2 amide bonds. The van der Waals surface area contributed by atoms with Crippen molar-refractivity contribution in [2.75, 3.05) is 0 Å². The second kappa shape index (κ2) is 11.9. The molecular weight excluding hydrogens is 368 g/mol. The fraction of sp³-hybridized carbons (Fsp3) is 0.143. The van der Waals surface area contributed by atoms with Crippen LogP contribution in [0.1, 0.15) is 22.8 Å². The van der Waals surface area contributed by atoms with Crippen molar-refractivity contribution in [1.82, 2.24) is 10.6 Å². The number of hydrogen-bond donors (Lipinski definition) is 2. The third-order valence-corrected chi connectivity index (χ3v) is 3.53. The zero-order chi connectivity index (χ0) is 17.9. The quantitative estimate of drug-likeness (QED) is 0.519. The first kappa shape index (κ1) is 21.4. The van der Waals surface area contributed by atoms with Gasteiger partial charge < -0.3 is 10.6 Å². The Morgan fingerprint density at radius 3 is 2.19 bits per heavy atom. The summed E-state index contributed by atoms with van der Waals surface area (Å²) in [6, 6.07) is 26.0. The van der Waals surface area contributed by atoms with E-state index in [1.807, 2.05) is 60.7 Å². The van der Waals surface area contributed by atoms with Crippen LogP contribution in [0.4, 0.5) is 0 Å². The number of rotatable bonds is 5. The normalized spacial score (nSPS) is 10.5. The van der Waals surface area contributed by atoms with Crippen LogP contribution >= 0.6 is 0 Å². The molecule has 0 bridgehead atoms. The van der Waals surface area contributed by atoms with Gasteiger partial charge in [0.2, 0.25) is 5.91 Å². The van der Waals surface area contributed by atoms with Gasteiger partial charge in [0, 0.05) is 5.56 Å². The average molecular weight is 390 g/mol. The van der Waals surface area contributed by atoms with E-state index in [1.54, 1.807) is 31.2 Å². The third kappa shape index (κ3) is 7.51. The Kier molecular flexibility index (Phi) is 9.76. The molecule has 5 heteroatoms. The Morgan fingerprint density at radius 2 is 1.65 bits per heavy atom. The van der Waals surface area contributed by atoms with E-state index in [-0.39, 0.29) is 28.9 Å². The molecule has 26 heavy (non-hydrogen) atoms. The minimum Gasteiger partial charge on any atom is -0.362 e. The summed E-state index contributed by atoms with van der Waals surface area (Å²) < 4.78 is 0. The smallest absolute Gasteiger partial charge is 0.362 e. The summed E-state index contributed by atoms with van der Waals surface area (Å²) in [7, 11) is 0. The monoisotopic (exact) mass is 390 g/mol. The van der Waals surface area contributed by atoms with E-state index in [0.717, 1.165) is 5.56 Å². The van der Waals surface area contributed by atoms with Gasteiger partial charge in [0.05, 0.1) is 0 Å². The molecule has 3 rings (SSSR count). The van der Waals surface area contributed by atoms with Crippen LogP contribution in [0.25, 0.3) is 0 Å². The maximum Gasteiger partial charge on any atom is 2.00 e. The fourth-order valence-electron chi connectivity index (χ4n) is 2.13. The summed E-state index contributed by atoms with van der Waals surface area (Å²) in [6.45, 7) is 2.14. The van der Waals surface area contributed by atoms with Gasteiger partial charge in [0.25, 0.3) is 5.91 Å². The van der Waals surface area contributed by atoms with Crippen molar-refractivity contribution < 1.29 is 26.7 Å². The predicted molar refractivity (Wildman–Crippen MR) is 99.3 cm³/mol. The van der Waals surface area contributed by atoms with Gasteiger partial charge in [-0.3, -0.25) is 9.59 Å². The molecule has 0 aromatic heterocycles. The number of amides is 2. The van der Waals surface area contributed by atoms with Gasteiger partial charge in [-0.1, -0.05) is 18.2 Å². The van der Waals surface area contributed by atoms with Crippen molar-refractivity contribution in [2.24, 2.45) is 0 Å². The van der Waals surface area contributed by atoms with Gasteiger partial charge in [-0.15, -0.1) is 0 Å². The van der Waals surface area contributed by atoms with Gasteiger partial charge in [-0.2, -0.15) is 42.0 Å². The van der Waals surface area contributed by atoms with E-state index in [1.165, 1.54) is 0 Å². The van der Waals surface area contributed by atoms with Gasteiger partial charge in [-0.25, -0.2) is 18.2 Å². The molecule has 0 fully saturated rings. The number of nitrogens with one attached hydrogen (secondary N) is 2. The summed E-state index contributed by atoms with van der Waals surface area (Å²) >= 11 is 0. The van der Waals surface area contributed by atoms with E-state index in [4.69, 9.17) is 0 Å². The molecule has 0 aliphatic heterocycles. The summed E-state index contributed by atoms with van der Waals surface area (Å²) in [5.74, 6) is -0.447. The van der Waals surface area contributed by atoms with E-state index in [2.05, 4.69) is 10.6 Å². The van der Waals surface area contributed by atoms with Gasteiger partial charge >= 0.3 is 17.1 Å².